The molecule has 1 aromatic carbocycles. The molecule has 1 amide bonds. The summed E-state index contributed by atoms with van der Waals surface area (Å²) in [5.74, 6) is -0.442. The second-order valence-electron chi connectivity index (χ2n) is 5.73. The first-order valence-corrected chi connectivity index (χ1v) is 8.24. The third-order valence-corrected chi connectivity index (χ3v) is 4.10. The fourth-order valence-electron chi connectivity index (χ4n) is 2.73. The van der Waals surface area contributed by atoms with Crippen LogP contribution < -0.4 is 10.6 Å². The normalized spacial score (nSPS) is 11.0. The van der Waals surface area contributed by atoms with E-state index in [0.717, 1.165) is 0 Å². The molecule has 0 aliphatic rings. The maximum atomic E-state index is 14.1. The first-order valence-electron chi connectivity index (χ1n) is 8.24. The van der Waals surface area contributed by atoms with Gasteiger partial charge in [-0.05, 0) is 25.1 Å². The molecule has 0 bridgehead atoms. The molecule has 136 valence electrons. The van der Waals surface area contributed by atoms with Crippen molar-refractivity contribution < 1.29 is 13.9 Å². The number of hydrogen-bond donors (Lipinski definition) is 1. The lowest BCUT2D eigenvalue weighted by Crippen LogP contribution is -2.29. The quantitative estimate of drug-likeness (QED) is 0.700. The van der Waals surface area contributed by atoms with E-state index in [4.69, 9.17) is 10.5 Å². The van der Waals surface area contributed by atoms with E-state index in [1.54, 1.807) is 37.6 Å². The molecular weight excluding hydrogens is 337 g/mol. The molecule has 0 unspecified atom stereocenters. The molecule has 0 aliphatic heterocycles. The highest BCUT2D eigenvalue weighted by atomic mass is 19.1. The molecule has 0 saturated carbocycles. The van der Waals surface area contributed by atoms with Crippen LogP contribution in [-0.4, -0.2) is 47.3 Å². The molecule has 0 aliphatic carbocycles. The number of halogens is 1. The molecule has 0 atom stereocenters. The van der Waals surface area contributed by atoms with E-state index < -0.39 is 11.7 Å². The van der Waals surface area contributed by atoms with Crippen LogP contribution >= 0.6 is 0 Å². The van der Waals surface area contributed by atoms with Crippen molar-refractivity contribution in [3.05, 3.63) is 47.9 Å². The zero-order chi connectivity index (χ0) is 18.7. The highest BCUT2D eigenvalue weighted by Crippen LogP contribution is 2.24. The number of hydrogen-bond acceptors (Lipinski definition) is 5. The van der Waals surface area contributed by atoms with E-state index in [-0.39, 0.29) is 5.56 Å². The number of nitrogens with two attached hydrogens (primary N) is 1. The van der Waals surface area contributed by atoms with Crippen LogP contribution in [0.25, 0.3) is 16.9 Å². The van der Waals surface area contributed by atoms with Crippen molar-refractivity contribution in [1.29, 1.82) is 0 Å². The third-order valence-electron chi connectivity index (χ3n) is 4.10. The highest BCUT2D eigenvalue weighted by Gasteiger charge is 2.18. The first kappa shape index (κ1) is 17.8. The zero-order valence-electron chi connectivity index (χ0n) is 14.6. The number of amides is 1. The van der Waals surface area contributed by atoms with E-state index in [9.17, 15) is 9.18 Å². The number of nitrogens with zero attached hydrogens (tertiary/aromatic N) is 4. The van der Waals surface area contributed by atoms with Crippen LogP contribution in [0, 0.1) is 5.82 Å². The van der Waals surface area contributed by atoms with Gasteiger partial charge in [-0.2, -0.15) is 0 Å². The maximum absolute atomic E-state index is 14.1. The Balaban J connectivity index is 2.14. The van der Waals surface area contributed by atoms with Gasteiger partial charge >= 0.3 is 0 Å². The molecule has 3 rings (SSSR count). The van der Waals surface area contributed by atoms with Gasteiger partial charge in [0.2, 0.25) is 0 Å². The summed E-state index contributed by atoms with van der Waals surface area (Å²) in [6, 6.07) is 7.92. The van der Waals surface area contributed by atoms with Crippen LogP contribution in [0.3, 0.4) is 0 Å². The summed E-state index contributed by atoms with van der Waals surface area (Å²) in [5, 5.41) is 4.51. The maximum Gasteiger partial charge on any atom is 0.252 e. The number of anilines is 1. The van der Waals surface area contributed by atoms with Crippen LogP contribution in [-0.2, 0) is 4.74 Å². The summed E-state index contributed by atoms with van der Waals surface area (Å²) in [4.78, 5) is 18.3. The highest BCUT2D eigenvalue weighted by molar-refractivity contribution is 5.99. The minimum absolute atomic E-state index is 0.230. The number of carbonyl (C=O) groups excluding carboxylic acids is 1. The Bertz CT molecular complexity index is 940. The number of carbonyl (C=O) groups is 1. The molecule has 3 aromatic rings. The van der Waals surface area contributed by atoms with E-state index in [1.807, 2.05) is 11.8 Å². The molecule has 0 radical (unpaired) electrons. The Morgan fingerprint density at radius 1 is 1.38 bits per heavy atom. The Labute approximate surface area is 150 Å². The van der Waals surface area contributed by atoms with E-state index >= 15 is 0 Å². The molecule has 0 fully saturated rings. The number of aromatic nitrogens is 3. The molecule has 2 heterocycles. The van der Waals surface area contributed by atoms with Gasteiger partial charge in [0, 0.05) is 25.8 Å². The molecule has 26 heavy (non-hydrogen) atoms. The van der Waals surface area contributed by atoms with Gasteiger partial charge in [-0.25, -0.2) is 13.9 Å². The Kier molecular flexibility index (Phi) is 5.13. The van der Waals surface area contributed by atoms with Crippen molar-refractivity contribution in [1.82, 2.24) is 14.6 Å². The monoisotopic (exact) mass is 357 g/mol. The molecule has 2 N–H and O–H groups in total. The van der Waals surface area contributed by atoms with Gasteiger partial charge in [0.25, 0.3) is 5.91 Å². The van der Waals surface area contributed by atoms with Crippen LogP contribution in [0.4, 0.5) is 10.2 Å². The summed E-state index contributed by atoms with van der Waals surface area (Å²) < 4.78 is 20.7. The molecular formula is C18H20FN5O2. The largest absolute Gasteiger partial charge is 0.383 e. The van der Waals surface area contributed by atoms with E-state index in [2.05, 4.69) is 10.1 Å². The van der Waals surface area contributed by atoms with Crippen molar-refractivity contribution in [2.75, 3.05) is 31.7 Å². The average Bonchev–Trinajstić information content (AvgIpc) is 3.05. The predicted molar refractivity (Wildman–Crippen MR) is 96.7 cm³/mol. The fourth-order valence-corrected chi connectivity index (χ4v) is 2.73. The first-order chi connectivity index (χ1) is 12.5. The van der Waals surface area contributed by atoms with Crippen LogP contribution in [0.2, 0.25) is 0 Å². The van der Waals surface area contributed by atoms with Gasteiger partial charge in [-0.15, -0.1) is 5.10 Å². The van der Waals surface area contributed by atoms with Crippen LogP contribution in [0.15, 0.2) is 36.5 Å². The Hall–Kier alpha value is -3.00. The summed E-state index contributed by atoms with van der Waals surface area (Å²) in [6.45, 7) is 3.78. The van der Waals surface area contributed by atoms with E-state index in [0.29, 0.717) is 42.4 Å². The Morgan fingerprint density at radius 3 is 2.81 bits per heavy atom. The molecule has 0 saturated heterocycles. The minimum atomic E-state index is -0.618. The van der Waals surface area contributed by atoms with Crippen molar-refractivity contribution >= 4 is 17.4 Å². The third kappa shape index (κ3) is 3.36. The lowest BCUT2D eigenvalue weighted by Gasteiger charge is -2.21. The van der Waals surface area contributed by atoms with Crippen molar-refractivity contribution in [2.24, 2.45) is 5.73 Å². The average molecular weight is 357 g/mol. The van der Waals surface area contributed by atoms with Crippen molar-refractivity contribution in [3.63, 3.8) is 0 Å². The lowest BCUT2D eigenvalue weighted by molar-refractivity contribution is 0.100. The smallest absolute Gasteiger partial charge is 0.252 e. The number of benzene rings is 1. The molecule has 2 aromatic heterocycles. The molecule has 8 heteroatoms. The number of imidazole rings is 1. The van der Waals surface area contributed by atoms with Gasteiger partial charge in [-0.3, -0.25) is 4.79 Å². The SMILES string of the molecule is CCN(CCOC)c1cc(C(N)=O)c2nc(-c3ccccc3F)cn2n1. The van der Waals surface area contributed by atoms with Gasteiger partial charge in [0.1, 0.15) is 5.82 Å². The van der Waals surface area contributed by atoms with Crippen LogP contribution in [0.1, 0.15) is 17.3 Å². The van der Waals surface area contributed by atoms with Gasteiger partial charge in [0.15, 0.2) is 11.5 Å². The summed E-state index contributed by atoms with van der Waals surface area (Å²) in [6.07, 6.45) is 1.59. The number of fused-ring (bicyclic) bond motifs is 1. The second kappa shape index (κ2) is 7.49. The number of primary amides is 1. The molecule has 7 nitrogen and oxygen atoms in total. The zero-order valence-corrected chi connectivity index (χ0v) is 14.6. The number of likely N-dealkylation sites (N-methyl/N-ethyl adjacent to an activating group) is 1. The fraction of sp³-hybridized carbons (Fsp3) is 0.278. The van der Waals surface area contributed by atoms with Crippen molar-refractivity contribution in [2.45, 2.75) is 6.92 Å². The second-order valence-corrected chi connectivity index (χ2v) is 5.73. The summed E-state index contributed by atoms with van der Waals surface area (Å²) in [5.41, 5.74) is 6.77. The standard InChI is InChI=1S/C18H20FN5O2/c1-3-23(8-9-26-2)16-10-13(17(20)25)18-21-15(11-24(18)22-16)12-6-4-5-7-14(12)19/h4-7,10-11H,3,8-9H2,1-2H3,(H2,20,25). The van der Waals surface area contributed by atoms with Gasteiger partial charge in [0.05, 0.1) is 24.1 Å². The Morgan fingerprint density at radius 2 is 2.15 bits per heavy atom. The number of rotatable bonds is 7. The lowest BCUT2D eigenvalue weighted by atomic mass is 10.1. The minimum Gasteiger partial charge on any atom is -0.383 e. The topological polar surface area (TPSA) is 85.8 Å². The number of methoxy groups -OCH3 is 1. The van der Waals surface area contributed by atoms with Crippen LogP contribution in [0.5, 0.6) is 0 Å². The van der Waals surface area contributed by atoms with E-state index in [1.165, 1.54) is 10.6 Å². The summed E-state index contributed by atoms with van der Waals surface area (Å²) in [7, 11) is 1.62. The van der Waals surface area contributed by atoms with Gasteiger partial charge in [-0.1, -0.05) is 12.1 Å². The predicted octanol–water partition coefficient (Wildman–Crippen LogP) is 2.11. The van der Waals surface area contributed by atoms with Crippen molar-refractivity contribution in [3.8, 4) is 11.3 Å². The molecule has 0 spiro atoms. The summed E-state index contributed by atoms with van der Waals surface area (Å²) >= 11 is 0. The van der Waals surface area contributed by atoms with Gasteiger partial charge < -0.3 is 15.4 Å². The number of ether oxygens (including phenoxy) is 1.